The van der Waals surface area contributed by atoms with Crippen molar-refractivity contribution in [2.75, 3.05) is 13.1 Å². The van der Waals surface area contributed by atoms with Gasteiger partial charge < -0.3 is 10.2 Å². The molecule has 0 amide bonds. The maximum absolute atomic E-state index is 12.7. The highest BCUT2D eigenvalue weighted by molar-refractivity contribution is 7.89. The molecule has 0 aliphatic carbocycles. The molecule has 0 radical (unpaired) electrons. The predicted molar refractivity (Wildman–Crippen MR) is 76.9 cm³/mol. The molecular weight excluding hydrogens is 294 g/mol. The van der Waals surface area contributed by atoms with Crippen molar-refractivity contribution in [2.24, 2.45) is 0 Å². The standard InChI is InChI=1S/C14H19NO5S/c1-9-6-11(14(17)18)7-13(10(9)2)21(19,20)15-5-3-4-12(16)8-15/h6-7,12,16H,3-5,8H2,1-2H3,(H,17,18). The quantitative estimate of drug-likeness (QED) is 0.873. The molecule has 7 heteroatoms. The summed E-state index contributed by atoms with van der Waals surface area (Å²) in [5, 5.41) is 18.8. The Kier molecular flexibility index (Phi) is 4.36. The molecule has 0 aromatic heterocycles. The Morgan fingerprint density at radius 2 is 2.00 bits per heavy atom. The second-order valence-electron chi connectivity index (χ2n) is 5.38. The average Bonchev–Trinajstić information content (AvgIpc) is 2.41. The molecule has 1 saturated heterocycles. The fourth-order valence-corrected chi connectivity index (χ4v) is 4.34. The maximum atomic E-state index is 12.7. The number of carboxylic acid groups (broad SMARTS) is 1. The van der Waals surface area contributed by atoms with Gasteiger partial charge in [-0.25, -0.2) is 13.2 Å². The van der Waals surface area contributed by atoms with Gasteiger partial charge >= 0.3 is 5.97 Å². The van der Waals surface area contributed by atoms with E-state index in [0.29, 0.717) is 30.5 Å². The molecule has 116 valence electrons. The molecule has 1 aliphatic rings. The van der Waals surface area contributed by atoms with Crippen LogP contribution in [0.25, 0.3) is 0 Å². The van der Waals surface area contributed by atoms with Gasteiger partial charge in [-0.1, -0.05) is 0 Å². The first kappa shape index (κ1) is 15.9. The number of aryl methyl sites for hydroxylation is 1. The van der Waals surface area contributed by atoms with Gasteiger partial charge in [-0.3, -0.25) is 0 Å². The van der Waals surface area contributed by atoms with Gasteiger partial charge in [-0.05, 0) is 49.9 Å². The monoisotopic (exact) mass is 313 g/mol. The summed E-state index contributed by atoms with van der Waals surface area (Å²) in [5.41, 5.74) is 1.11. The highest BCUT2D eigenvalue weighted by atomic mass is 32.2. The first-order chi connectivity index (χ1) is 9.73. The predicted octanol–water partition coefficient (Wildman–Crippen LogP) is 1.15. The van der Waals surface area contributed by atoms with Gasteiger partial charge in [0, 0.05) is 13.1 Å². The average molecular weight is 313 g/mol. The van der Waals surface area contributed by atoms with Gasteiger partial charge in [0.1, 0.15) is 0 Å². The zero-order valence-corrected chi connectivity index (χ0v) is 12.9. The summed E-state index contributed by atoms with van der Waals surface area (Å²) < 4.78 is 26.6. The Bertz CT molecular complexity index is 668. The third kappa shape index (κ3) is 3.09. The number of nitrogens with zero attached hydrogens (tertiary/aromatic N) is 1. The molecule has 1 fully saturated rings. The molecule has 6 nitrogen and oxygen atoms in total. The van der Waals surface area contributed by atoms with Crippen molar-refractivity contribution in [3.63, 3.8) is 0 Å². The van der Waals surface area contributed by atoms with E-state index in [9.17, 15) is 18.3 Å². The van der Waals surface area contributed by atoms with E-state index in [1.165, 1.54) is 16.4 Å². The van der Waals surface area contributed by atoms with Crippen molar-refractivity contribution in [3.8, 4) is 0 Å². The van der Waals surface area contributed by atoms with Crippen LogP contribution in [0.2, 0.25) is 0 Å². The van der Waals surface area contributed by atoms with Crippen LogP contribution in [-0.4, -0.2) is 48.1 Å². The largest absolute Gasteiger partial charge is 0.478 e. The molecule has 0 saturated carbocycles. The lowest BCUT2D eigenvalue weighted by molar-refractivity contribution is 0.0696. The van der Waals surface area contributed by atoms with Crippen molar-refractivity contribution in [1.82, 2.24) is 4.31 Å². The number of β-amino-alcohol motifs (C(OH)–C–C–N with tert-alkyl or cyclic N) is 1. The van der Waals surface area contributed by atoms with E-state index in [4.69, 9.17) is 5.11 Å². The zero-order valence-electron chi connectivity index (χ0n) is 12.0. The molecule has 1 aliphatic heterocycles. The highest BCUT2D eigenvalue weighted by Gasteiger charge is 2.31. The van der Waals surface area contributed by atoms with Crippen molar-refractivity contribution in [2.45, 2.75) is 37.7 Å². The maximum Gasteiger partial charge on any atom is 0.335 e. The number of rotatable bonds is 3. The first-order valence-corrected chi connectivity index (χ1v) is 8.20. The Morgan fingerprint density at radius 3 is 2.57 bits per heavy atom. The second kappa shape index (κ2) is 5.75. The van der Waals surface area contributed by atoms with E-state index in [0.717, 1.165) is 0 Å². The summed E-state index contributed by atoms with van der Waals surface area (Å²) in [7, 11) is -3.79. The number of carboxylic acids is 1. The van der Waals surface area contributed by atoms with Gasteiger partial charge in [-0.2, -0.15) is 4.31 Å². The molecule has 0 spiro atoms. The van der Waals surface area contributed by atoms with Crippen molar-refractivity contribution >= 4 is 16.0 Å². The number of benzene rings is 1. The molecule has 1 atom stereocenters. The fraction of sp³-hybridized carbons (Fsp3) is 0.500. The van der Waals surface area contributed by atoms with Gasteiger partial charge in [0.05, 0.1) is 16.6 Å². The Labute approximate surface area is 124 Å². The number of carbonyl (C=O) groups is 1. The van der Waals surface area contributed by atoms with Crippen LogP contribution in [0.5, 0.6) is 0 Å². The number of aliphatic hydroxyl groups excluding tert-OH is 1. The summed E-state index contributed by atoms with van der Waals surface area (Å²) in [6, 6.07) is 2.66. The lowest BCUT2D eigenvalue weighted by Crippen LogP contribution is -2.42. The topological polar surface area (TPSA) is 94.9 Å². The normalized spacial score (nSPS) is 20.4. The van der Waals surface area contributed by atoms with Gasteiger partial charge in [0.2, 0.25) is 10.0 Å². The molecule has 1 aromatic rings. The van der Waals surface area contributed by atoms with Gasteiger partial charge in [0.25, 0.3) is 0 Å². The van der Waals surface area contributed by atoms with Crippen LogP contribution in [-0.2, 0) is 10.0 Å². The SMILES string of the molecule is Cc1cc(C(=O)O)cc(S(=O)(=O)N2CCCC(O)C2)c1C. The fourth-order valence-electron chi connectivity index (χ4n) is 2.50. The number of hydrogen-bond donors (Lipinski definition) is 2. The second-order valence-corrected chi connectivity index (χ2v) is 7.29. The van der Waals surface area contributed by atoms with Crippen LogP contribution in [0, 0.1) is 13.8 Å². The van der Waals surface area contributed by atoms with Crippen LogP contribution in [0.1, 0.15) is 34.3 Å². The third-order valence-corrected chi connectivity index (χ3v) is 5.84. The molecule has 2 N–H and O–H groups in total. The summed E-state index contributed by atoms with van der Waals surface area (Å²) in [5.74, 6) is -1.16. The lowest BCUT2D eigenvalue weighted by atomic mass is 10.1. The smallest absolute Gasteiger partial charge is 0.335 e. The Morgan fingerprint density at radius 1 is 1.33 bits per heavy atom. The summed E-state index contributed by atoms with van der Waals surface area (Å²) in [4.78, 5) is 11.1. The minimum Gasteiger partial charge on any atom is -0.478 e. The molecule has 1 aromatic carbocycles. The van der Waals surface area contributed by atoms with Crippen molar-refractivity contribution in [3.05, 3.63) is 28.8 Å². The highest BCUT2D eigenvalue weighted by Crippen LogP contribution is 2.26. The Hall–Kier alpha value is -1.44. The van der Waals surface area contributed by atoms with Crippen LogP contribution in [0.15, 0.2) is 17.0 Å². The molecule has 2 rings (SSSR count). The number of piperidine rings is 1. The molecular formula is C14H19NO5S. The summed E-state index contributed by atoms with van der Waals surface area (Å²) >= 11 is 0. The van der Waals surface area contributed by atoms with Crippen molar-refractivity contribution < 1.29 is 23.4 Å². The number of hydrogen-bond acceptors (Lipinski definition) is 4. The van der Waals surface area contributed by atoms with E-state index in [1.807, 2.05) is 0 Å². The van der Waals surface area contributed by atoms with Gasteiger partial charge in [0.15, 0.2) is 0 Å². The van der Waals surface area contributed by atoms with E-state index in [2.05, 4.69) is 0 Å². The molecule has 1 heterocycles. The molecule has 21 heavy (non-hydrogen) atoms. The minimum atomic E-state index is -3.79. The van der Waals surface area contributed by atoms with Crippen molar-refractivity contribution in [1.29, 1.82) is 0 Å². The third-order valence-electron chi connectivity index (χ3n) is 3.84. The summed E-state index contributed by atoms with van der Waals surface area (Å²) in [6.45, 7) is 3.74. The van der Waals surface area contributed by atoms with E-state index < -0.39 is 22.1 Å². The number of sulfonamides is 1. The molecule has 1 unspecified atom stereocenters. The van der Waals surface area contributed by atoms with Gasteiger partial charge in [-0.15, -0.1) is 0 Å². The Balaban J connectivity index is 2.51. The van der Waals surface area contributed by atoms with E-state index >= 15 is 0 Å². The first-order valence-electron chi connectivity index (χ1n) is 6.76. The minimum absolute atomic E-state index is 0.00833. The number of aromatic carboxylic acids is 1. The van der Waals surface area contributed by atoms with Crippen LogP contribution < -0.4 is 0 Å². The molecule has 0 bridgehead atoms. The summed E-state index contributed by atoms with van der Waals surface area (Å²) in [6.07, 6.45) is 0.508. The zero-order chi connectivity index (χ0) is 15.8. The van der Waals surface area contributed by atoms with Crippen LogP contribution in [0.4, 0.5) is 0 Å². The number of aliphatic hydroxyl groups is 1. The van der Waals surface area contributed by atoms with E-state index in [-0.39, 0.29) is 17.0 Å². The van der Waals surface area contributed by atoms with E-state index in [1.54, 1.807) is 13.8 Å². The lowest BCUT2D eigenvalue weighted by Gasteiger charge is -2.30. The van der Waals surface area contributed by atoms with Crippen LogP contribution >= 0.6 is 0 Å². The van der Waals surface area contributed by atoms with Crippen LogP contribution in [0.3, 0.4) is 0 Å².